The van der Waals surface area contributed by atoms with Crippen molar-refractivity contribution in [1.29, 1.82) is 0 Å². The highest BCUT2D eigenvalue weighted by atomic mass is 14.9. The number of fused-ring (bicyclic) bond motifs is 8. The average molecular weight is 955 g/mol. The fraction of sp³-hybridized carbons (Fsp3) is 0.157. The molecule has 0 fully saturated rings. The number of aryl methyl sites for hydroxylation is 2. The minimum atomic E-state index is -0.145. The van der Waals surface area contributed by atoms with Crippen LogP contribution in [-0.2, 0) is 10.8 Å². The van der Waals surface area contributed by atoms with Gasteiger partial charge in [0, 0.05) is 61.7 Å². The highest BCUT2D eigenvalue weighted by Crippen LogP contribution is 2.54. The van der Waals surface area contributed by atoms with Crippen molar-refractivity contribution in [3.63, 3.8) is 0 Å². The highest BCUT2D eigenvalue weighted by Gasteiger charge is 2.40. The Hall–Kier alpha value is -8.47. The monoisotopic (exact) mass is 954 g/mol. The summed E-state index contributed by atoms with van der Waals surface area (Å²) in [7, 11) is 0. The van der Waals surface area contributed by atoms with E-state index in [1.807, 2.05) is 25.3 Å². The molecule has 0 radical (unpaired) electrons. The second kappa shape index (κ2) is 17.1. The first-order chi connectivity index (χ1) is 35.9. The molecule has 0 saturated heterocycles. The van der Waals surface area contributed by atoms with Crippen LogP contribution in [0.1, 0.15) is 91.5 Å². The zero-order valence-electron chi connectivity index (χ0n) is 43.2. The second-order valence-electron chi connectivity index (χ2n) is 21.7. The summed E-state index contributed by atoms with van der Waals surface area (Å²) in [5.41, 5.74) is 34.2. The van der Waals surface area contributed by atoms with Gasteiger partial charge in [0.2, 0.25) is 0 Å². The Kier molecular flexibility index (Phi) is 10.5. The van der Waals surface area contributed by atoms with Gasteiger partial charge in [-0.15, -0.1) is 0 Å². The van der Waals surface area contributed by atoms with E-state index in [0.29, 0.717) is 5.82 Å². The Morgan fingerprint density at radius 3 is 1.97 bits per heavy atom. The number of allylic oxidation sites excluding steroid dienone is 5. The molecule has 2 heterocycles. The van der Waals surface area contributed by atoms with Crippen molar-refractivity contribution in [3.05, 3.63) is 238 Å². The van der Waals surface area contributed by atoms with E-state index in [2.05, 4.69) is 217 Å². The summed E-state index contributed by atoms with van der Waals surface area (Å²) in [6.07, 6.45) is 11.9. The molecule has 2 aromatic heterocycles. The van der Waals surface area contributed by atoms with Gasteiger partial charge in [0.15, 0.2) is 5.82 Å². The minimum absolute atomic E-state index is 0.0636. The van der Waals surface area contributed by atoms with E-state index in [0.717, 1.165) is 95.2 Å². The summed E-state index contributed by atoms with van der Waals surface area (Å²) >= 11 is 0. The number of aromatic nitrogens is 3. The third-order valence-corrected chi connectivity index (χ3v) is 16.6. The number of hydrogen-bond donors (Lipinski definition) is 1. The molecular formula is C70H58N4. The topological polar surface area (TPSA) is 64.7 Å². The molecule has 13 rings (SSSR count). The van der Waals surface area contributed by atoms with Crippen molar-refractivity contribution in [1.82, 2.24) is 15.0 Å². The summed E-state index contributed by atoms with van der Waals surface area (Å²) in [6, 6.07) is 60.0. The van der Waals surface area contributed by atoms with Crippen LogP contribution in [0.5, 0.6) is 0 Å². The fourth-order valence-corrected chi connectivity index (χ4v) is 12.7. The van der Waals surface area contributed by atoms with E-state index in [1.165, 1.54) is 55.7 Å². The molecule has 1 unspecified atom stereocenters. The van der Waals surface area contributed by atoms with Crippen molar-refractivity contribution < 1.29 is 0 Å². The van der Waals surface area contributed by atoms with Gasteiger partial charge >= 0.3 is 0 Å². The van der Waals surface area contributed by atoms with E-state index >= 15 is 0 Å². The maximum absolute atomic E-state index is 6.87. The highest BCUT2D eigenvalue weighted by molar-refractivity contribution is 6.01. The number of anilines is 1. The van der Waals surface area contributed by atoms with Gasteiger partial charge in [-0.3, -0.25) is 4.98 Å². The van der Waals surface area contributed by atoms with Crippen molar-refractivity contribution >= 4 is 39.1 Å². The van der Waals surface area contributed by atoms with Crippen LogP contribution in [0.25, 0.3) is 101 Å². The molecule has 74 heavy (non-hydrogen) atoms. The van der Waals surface area contributed by atoms with Gasteiger partial charge in [0.05, 0.1) is 16.7 Å². The quantitative estimate of drug-likeness (QED) is 0.162. The Balaban J connectivity index is 1.06. The van der Waals surface area contributed by atoms with Crippen molar-refractivity contribution in [3.8, 4) is 67.2 Å². The molecule has 358 valence electrons. The molecule has 8 aromatic carbocycles. The Morgan fingerprint density at radius 2 is 1.19 bits per heavy atom. The normalized spacial score (nSPS) is 16.0. The third kappa shape index (κ3) is 7.06. The average Bonchev–Trinajstić information content (AvgIpc) is 3.80. The van der Waals surface area contributed by atoms with Gasteiger partial charge in [-0.1, -0.05) is 192 Å². The lowest BCUT2D eigenvalue weighted by Crippen LogP contribution is -2.17. The molecular weight excluding hydrogens is 897 g/mol. The number of nitrogen functional groups attached to an aromatic ring is 1. The molecule has 1 atom stereocenters. The smallest absolute Gasteiger partial charge is 0.160 e. The fourth-order valence-electron chi connectivity index (χ4n) is 12.7. The van der Waals surface area contributed by atoms with Crippen LogP contribution in [0.3, 0.4) is 0 Å². The van der Waals surface area contributed by atoms with Crippen LogP contribution in [-0.4, -0.2) is 15.0 Å². The minimum Gasteiger partial charge on any atom is -0.398 e. The van der Waals surface area contributed by atoms with Crippen molar-refractivity contribution in [2.75, 3.05) is 5.73 Å². The lowest BCUT2D eigenvalue weighted by molar-refractivity contribution is 0.648. The molecule has 4 nitrogen and oxygen atoms in total. The maximum atomic E-state index is 6.87. The van der Waals surface area contributed by atoms with Gasteiger partial charge in [-0.2, -0.15) is 0 Å². The summed E-state index contributed by atoms with van der Waals surface area (Å²) in [5, 5.41) is 2.15. The first-order valence-electron chi connectivity index (χ1n) is 26.1. The first-order valence-corrected chi connectivity index (χ1v) is 26.1. The molecule has 2 N–H and O–H groups in total. The van der Waals surface area contributed by atoms with E-state index in [4.69, 9.17) is 20.7 Å². The molecule has 0 spiro atoms. The number of pyridine rings is 1. The van der Waals surface area contributed by atoms with E-state index in [-0.39, 0.29) is 16.7 Å². The number of nitrogens with zero attached hydrogens (tertiary/aromatic N) is 3. The maximum Gasteiger partial charge on any atom is 0.160 e. The molecule has 10 aromatic rings. The van der Waals surface area contributed by atoms with Crippen LogP contribution in [0.2, 0.25) is 0 Å². The molecule has 3 aliphatic rings. The Morgan fingerprint density at radius 1 is 0.541 bits per heavy atom. The molecule has 0 aliphatic heterocycles. The van der Waals surface area contributed by atoms with Crippen LogP contribution in [0.15, 0.2) is 194 Å². The zero-order chi connectivity index (χ0) is 50.6. The number of para-hydroxylation sites is 2. The summed E-state index contributed by atoms with van der Waals surface area (Å²) in [4.78, 5) is 16.3. The Labute approximate surface area is 434 Å². The van der Waals surface area contributed by atoms with Gasteiger partial charge in [0.1, 0.15) is 0 Å². The largest absolute Gasteiger partial charge is 0.398 e. The number of hydrogen-bond acceptors (Lipinski definition) is 4. The van der Waals surface area contributed by atoms with Crippen molar-refractivity contribution in [2.45, 2.75) is 71.6 Å². The molecule has 4 heteroatoms. The SMILES string of the molecule is C/C=C\c1cccc(-c2ccc(-c3nc(-c4ccc(-c5cccc6cccnc56)cc4C)nc4c(C5C=C6C(=CC5)c5ccccc5C6(C)C)cc(-c5ccc6c(c5)C(C)(C)c5ccccc5-6)cc34)c(C)c2)c1N. The van der Waals surface area contributed by atoms with Gasteiger partial charge < -0.3 is 5.73 Å². The van der Waals surface area contributed by atoms with Crippen molar-refractivity contribution in [2.24, 2.45) is 0 Å². The third-order valence-electron chi connectivity index (χ3n) is 16.6. The second-order valence-corrected chi connectivity index (χ2v) is 21.7. The first kappa shape index (κ1) is 45.4. The van der Waals surface area contributed by atoms with Gasteiger partial charge in [-0.05, 0) is 140 Å². The van der Waals surface area contributed by atoms with E-state index in [1.54, 1.807) is 0 Å². The number of benzene rings is 8. The summed E-state index contributed by atoms with van der Waals surface area (Å²) < 4.78 is 0. The molecule has 0 saturated carbocycles. The zero-order valence-corrected chi connectivity index (χ0v) is 43.2. The van der Waals surface area contributed by atoms with Crippen LogP contribution >= 0.6 is 0 Å². The van der Waals surface area contributed by atoms with Crippen LogP contribution in [0.4, 0.5) is 5.69 Å². The standard InChI is InChI=1S/C70H58N4/c1-8-16-43-17-13-22-52(64(43)71)46-27-30-50(41(2)35-46)66-59-38-49(45-26-32-56-54-20-9-11-24-60(54)69(4,5)62(56)39-45)37-58(48-29-33-57-55-21-10-12-25-61(55)70(6,7)63(57)40-48)67(59)74-68(73-66)51-31-28-47(36-42(51)3)53-23-14-18-44-19-15-34-72-65(44)53/h8-28,30-40,48H,29,71H2,1-7H3/b16-8-. The van der Waals surface area contributed by atoms with Crippen LogP contribution in [0, 0.1) is 13.8 Å². The molecule has 3 aliphatic carbocycles. The van der Waals surface area contributed by atoms with Gasteiger partial charge in [-0.25, -0.2) is 9.97 Å². The van der Waals surface area contributed by atoms with E-state index < -0.39 is 0 Å². The van der Waals surface area contributed by atoms with Gasteiger partial charge in [0.25, 0.3) is 0 Å². The lowest BCUT2D eigenvalue weighted by Gasteiger charge is -2.28. The summed E-state index contributed by atoms with van der Waals surface area (Å²) in [5.74, 6) is 0.771. The Bertz CT molecular complexity index is 4100. The molecule has 0 amide bonds. The number of rotatable bonds is 7. The number of nitrogens with two attached hydrogens (primary N) is 1. The predicted octanol–water partition coefficient (Wildman–Crippen LogP) is 17.8. The molecule has 0 bridgehead atoms. The van der Waals surface area contributed by atoms with E-state index in [9.17, 15) is 0 Å². The predicted molar refractivity (Wildman–Crippen MR) is 311 cm³/mol. The van der Waals surface area contributed by atoms with Crippen LogP contribution < -0.4 is 5.73 Å². The lowest BCUT2D eigenvalue weighted by atomic mass is 9.76. The summed E-state index contributed by atoms with van der Waals surface area (Å²) in [6.45, 7) is 15.9.